The number of allylic oxidation sites excluding steroid dienone is 10. The van der Waals surface area contributed by atoms with Crippen LogP contribution < -0.4 is 5.73 Å². The third kappa shape index (κ3) is 39.2. The van der Waals surface area contributed by atoms with Gasteiger partial charge in [0.2, 0.25) is 0 Å². The number of hydrogen-bond donors (Lipinski definition) is 2. The summed E-state index contributed by atoms with van der Waals surface area (Å²) in [5, 5.41) is 0. The zero-order valence-electron chi connectivity index (χ0n) is 33.5. The molecule has 0 aromatic rings. The number of phosphoric acid groups is 1. The van der Waals surface area contributed by atoms with E-state index in [-0.39, 0.29) is 32.6 Å². The highest BCUT2D eigenvalue weighted by Crippen LogP contribution is 2.43. The quantitative estimate of drug-likeness (QED) is 0.0272. The van der Waals surface area contributed by atoms with Crippen LogP contribution in [-0.4, -0.2) is 49.3 Å². The van der Waals surface area contributed by atoms with E-state index >= 15 is 0 Å². The molecule has 0 aliphatic heterocycles. The van der Waals surface area contributed by atoms with Gasteiger partial charge < -0.3 is 20.1 Å². The van der Waals surface area contributed by atoms with Crippen LogP contribution in [0.2, 0.25) is 0 Å². The first kappa shape index (κ1) is 50.7. The Hall–Kier alpha value is -2.29. The lowest BCUT2D eigenvalue weighted by molar-refractivity contribution is -0.161. The van der Waals surface area contributed by atoms with Crippen molar-refractivity contribution in [1.29, 1.82) is 0 Å². The molecule has 0 saturated carbocycles. The van der Waals surface area contributed by atoms with Gasteiger partial charge in [-0.1, -0.05) is 139 Å². The molecular formula is C43H76NO8P. The van der Waals surface area contributed by atoms with E-state index < -0.39 is 32.5 Å². The van der Waals surface area contributed by atoms with Crippen LogP contribution in [0.15, 0.2) is 60.8 Å². The van der Waals surface area contributed by atoms with Crippen molar-refractivity contribution in [3.8, 4) is 0 Å². The monoisotopic (exact) mass is 766 g/mol. The van der Waals surface area contributed by atoms with Gasteiger partial charge in [-0.05, 0) is 77.0 Å². The topological polar surface area (TPSA) is 134 Å². The summed E-state index contributed by atoms with van der Waals surface area (Å²) in [6, 6.07) is 0. The van der Waals surface area contributed by atoms with Gasteiger partial charge in [-0.15, -0.1) is 0 Å². The van der Waals surface area contributed by atoms with Gasteiger partial charge >= 0.3 is 19.8 Å². The van der Waals surface area contributed by atoms with Gasteiger partial charge in [-0.25, -0.2) is 4.57 Å². The molecule has 10 heteroatoms. The Morgan fingerprint density at radius 2 is 1.04 bits per heavy atom. The molecule has 0 aliphatic rings. The van der Waals surface area contributed by atoms with E-state index in [1.165, 1.54) is 44.9 Å². The van der Waals surface area contributed by atoms with Crippen LogP contribution in [-0.2, 0) is 32.7 Å². The first-order valence-corrected chi connectivity index (χ1v) is 22.3. The van der Waals surface area contributed by atoms with Crippen molar-refractivity contribution >= 4 is 19.8 Å². The van der Waals surface area contributed by atoms with Crippen molar-refractivity contribution in [3.63, 3.8) is 0 Å². The zero-order valence-corrected chi connectivity index (χ0v) is 34.4. The van der Waals surface area contributed by atoms with Crippen LogP contribution in [0.4, 0.5) is 0 Å². The highest BCUT2D eigenvalue weighted by Gasteiger charge is 2.25. The maximum absolute atomic E-state index is 12.6. The number of carbonyl (C=O) groups excluding carboxylic acids is 2. The molecule has 0 radical (unpaired) electrons. The minimum absolute atomic E-state index is 0.0465. The van der Waals surface area contributed by atoms with E-state index in [0.717, 1.165) is 89.9 Å². The Labute approximate surface area is 323 Å². The molecule has 0 amide bonds. The summed E-state index contributed by atoms with van der Waals surface area (Å²) in [6.07, 6.45) is 45.3. The van der Waals surface area contributed by atoms with E-state index in [4.69, 9.17) is 24.3 Å². The van der Waals surface area contributed by atoms with Crippen LogP contribution in [0.5, 0.6) is 0 Å². The Morgan fingerprint density at radius 3 is 1.55 bits per heavy atom. The highest BCUT2D eigenvalue weighted by atomic mass is 31.2. The molecule has 0 heterocycles. The van der Waals surface area contributed by atoms with Crippen molar-refractivity contribution in [2.45, 2.75) is 174 Å². The van der Waals surface area contributed by atoms with Crippen LogP contribution in [0, 0.1) is 0 Å². The first-order chi connectivity index (χ1) is 25.8. The summed E-state index contributed by atoms with van der Waals surface area (Å²) in [4.78, 5) is 34.8. The SMILES string of the molecule is CCC=CCC=CCC=CCCCCCCCC(=O)OC(COC(=O)CCCCCCCCCC=CCC=CCCCCC)COP(=O)(O)OCCN. The fourth-order valence-corrected chi connectivity index (χ4v) is 6.09. The molecule has 0 aromatic heterocycles. The summed E-state index contributed by atoms with van der Waals surface area (Å²) in [7, 11) is -4.38. The van der Waals surface area contributed by atoms with Crippen LogP contribution in [0.3, 0.4) is 0 Å². The van der Waals surface area contributed by atoms with Gasteiger partial charge in [0.15, 0.2) is 6.10 Å². The lowest BCUT2D eigenvalue weighted by atomic mass is 10.1. The number of carbonyl (C=O) groups is 2. The van der Waals surface area contributed by atoms with Crippen molar-refractivity contribution in [3.05, 3.63) is 60.8 Å². The van der Waals surface area contributed by atoms with E-state index in [1.54, 1.807) is 0 Å². The summed E-state index contributed by atoms with van der Waals surface area (Å²) >= 11 is 0. The van der Waals surface area contributed by atoms with Gasteiger partial charge in [0.05, 0.1) is 13.2 Å². The molecule has 9 nitrogen and oxygen atoms in total. The molecular weight excluding hydrogens is 689 g/mol. The average molecular weight is 766 g/mol. The first-order valence-electron chi connectivity index (χ1n) is 20.8. The molecule has 53 heavy (non-hydrogen) atoms. The Bertz CT molecular complexity index is 1050. The summed E-state index contributed by atoms with van der Waals surface area (Å²) < 4.78 is 32.7. The molecule has 0 spiro atoms. The van der Waals surface area contributed by atoms with Crippen LogP contribution >= 0.6 is 7.82 Å². The minimum Gasteiger partial charge on any atom is -0.462 e. The molecule has 2 atom stereocenters. The molecule has 0 rings (SSSR count). The van der Waals surface area contributed by atoms with E-state index in [0.29, 0.717) is 6.42 Å². The third-order valence-corrected chi connectivity index (χ3v) is 9.37. The van der Waals surface area contributed by atoms with E-state index in [9.17, 15) is 19.0 Å². The van der Waals surface area contributed by atoms with Crippen molar-refractivity contribution in [1.82, 2.24) is 0 Å². The number of unbranched alkanes of at least 4 members (excludes halogenated alkanes) is 15. The van der Waals surface area contributed by atoms with E-state index in [1.807, 2.05) is 0 Å². The maximum Gasteiger partial charge on any atom is 0.472 e. The summed E-state index contributed by atoms with van der Waals surface area (Å²) in [6.45, 7) is 3.55. The van der Waals surface area contributed by atoms with E-state index in [2.05, 4.69) is 74.6 Å². The number of nitrogens with two attached hydrogens (primary N) is 1. The lowest BCUT2D eigenvalue weighted by Crippen LogP contribution is -2.29. The highest BCUT2D eigenvalue weighted by molar-refractivity contribution is 7.47. The molecule has 0 fully saturated rings. The second kappa shape index (κ2) is 39.4. The standard InChI is InChI=1S/C43H76NO8P/c1-3-5-7-9-11-13-15-17-19-20-22-23-25-27-29-31-33-35-42(45)49-39-41(40-51-53(47,48)50-38-37-44)52-43(46)36-34-32-30-28-26-24-21-18-16-14-12-10-8-6-4-2/h6,8,11-14,17-19,21,41H,3-5,7,9-10,15-16,20,22-40,44H2,1-2H3,(H,47,48). The Kier molecular flexibility index (Phi) is 37.7. The summed E-state index contributed by atoms with van der Waals surface area (Å²) in [5.41, 5.74) is 5.34. The Morgan fingerprint density at radius 1 is 0.585 bits per heavy atom. The third-order valence-electron chi connectivity index (χ3n) is 8.39. The van der Waals surface area contributed by atoms with Crippen LogP contribution in [0.1, 0.15) is 168 Å². The zero-order chi connectivity index (χ0) is 38.9. The minimum atomic E-state index is -4.38. The van der Waals surface area contributed by atoms with Gasteiger partial charge in [0.25, 0.3) is 0 Å². The molecule has 0 aliphatic carbocycles. The van der Waals surface area contributed by atoms with Gasteiger partial charge in [0, 0.05) is 19.4 Å². The predicted octanol–water partition coefficient (Wildman–Crippen LogP) is 11.7. The maximum atomic E-state index is 12.6. The van der Waals surface area contributed by atoms with Gasteiger partial charge in [0.1, 0.15) is 6.61 Å². The predicted molar refractivity (Wildman–Crippen MR) is 219 cm³/mol. The molecule has 0 saturated heterocycles. The fourth-order valence-electron chi connectivity index (χ4n) is 5.32. The number of rotatable bonds is 38. The molecule has 3 N–H and O–H groups in total. The molecule has 0 aromatic carbocycles. The van der Waals surface area contributed by atoms with Gasteiger partial charge in [-0.2, -0.15) is 0 Å². The second-order valence-electron chi connectivity index (χ2n) is 13.5. The van der Waals surface area contributed by atoms with Gasteiger partial charge in [-0.3, -0.25) is 18.6 Å². The molecule has 2 unspecified atom stereocenters. The number of esters is 2. The normalized spacial score (nSPS) is 14.0. The second-order valence-corrected chi connectivity index (χ2v) is 14.9. The lowest BCUT2D eigenvalue weighted by Gasteiger charge is -2.19. The number of ether oxygens (including phenoxy) is 2. The molecule has 306 valence electrons. The number of phosphoric ester groups is 1. The Balaban J connectivity index is 4.22. The van der Waals surface area contributed by atoms with Crippen molar-refractivity contribution < 1.29 is 37.6 Å². The fraction of sp³-hybridized carbons (Fsp3) is 0.721. The largest absolute Gasteiger partial charge is 0.472 e. The van der Waals surface area contributed by atoms with Crippen LogP contribution in [0.25, 0.3) is 0 Å². The summed E-state index contributed by atoms with van der Waals surface area (Å²) in [5.74, 6) is -0.862. The smallest absolute Gasteiger partial charge is 0.462 e. The number of hydrogen-bond acceptors (Lipinski definition) is 8. The van der Waals surface area contributed by atoms with Crippen molar-refractivity contribution in [2.75, 3.05) is 26.4 Å². The average Bonchev–Trinajstić information content (AvgIpc) is 3.14. The van der Waals surface area contributed by atoms with Crippen molar-refractivity contribution in [2.24, 2.45) is 5.73 Å². The molecule has 0 bridgehead atoms.